The summed E-state index contributed by atoms with van der Waals surface area (Å²) < 4.78 is 5.48. The largest absolute Gasteiger partial charge is 0.378 e. The number of para-hydroxylation sites is 1. The van der Waals surface area contributed by atoms with Crippen LogP contribution in [0, 0.1) is 0 Å². The number of rotatable bonds is 5. The molecule has 4 rings (SSSR count). The molecule has 1 saturated heterocycles. The van der Waals surface area contributed by atoms with Gasteiger partial charge < -0.3 is 15.0 Å². The zero-order chi connectivity index (χ0) is 18.5. The van der Waals surface area contributed by atoms with E-state index in [4.69, 9.17) is 14.7 Å². The topological polar surface area (TPSA) is 50.3 Å². The quantitative estimate of drug-likeness (QED) is 0.736. The standard InChI is InChI=1S/C22H24N4O/c1-2-17-8-6-7-11-19(17)23-21-16-20(18-9-4-3-5-10-18)24-22(25-21)26-12-14-27-15-13-26/h3-11,16H,2,12-15H2,1H3,(H,23,24,25). The van der Waals surface area contributed by atoms with Crippen LogP contribution in [0.5, 0.6) is 0 Å². The number of hydrogen-bond donors (Lipinski definition) is 1. The minimum atomic E-state index is 0.709. The van der Waals surface area contributed by atoms with Gasteiger partial charge in [0.25, 0.3) is 0 Å². The molecule has 1 aliphatic heterocycles. The van der Waals surface area contributed by atoms with E-state index in [1.165, 1.54) is 5.56 Å². The molecule has 3 aromatic rings. The van der Waals surface area contributed by atoms with E-state index in [0.717, 1.165) is 48.2 Å². The van der Waals surface area contributed by atoms with Crippen molar-refractivity contribution in [2.45, 2.75) is 13.3 Å². The summed E-state index contributed by atoms with van der Waals surface area (Å²) in [5.41, 5.74) is 4.36. The summed E-state index contributed by atoms with van der Waals surface area (Å²) in [7, 11) is 0. The number of nitrogens with zero attached hydrogens (tertiary/aromatic N) is 3. The summed E-state index contributed by atoms with van der Waals surface area (Å²) in [5, 5.41) is 3.50. The highest BCUT2D eigenvalue weighted by molar-refractivity contribution is 5.68. The van der Waals surface area contributed by atoms with E-state index >= 15 is 0 Å². The second-order valence-corrected chi connectivity index (χ2v) is 6.54. The van der Waals surface area contributed by atoms with Crippen molar-refractivity contribution in [2.24, 2.45) is 0 Å². The molecule has 1 fully saturated rings. The molecule has 0 spiro atoms. The maximum Gasteiger partial charge on any atom is 0.228 e. The van der Waals surface area contributed by atoms with Gasteiger partial charge in [-0.3, -0.25) is 0 Å². The first-order valence-corrected chi connectivity index (χ1v) is 9.45. The molecule has 0 radical (unpaired) electrons. The van der Waals surface area contributed by atoms with E-state index in [1.807, 2.05) is 30.3 Å². The molecular formula is C22H24N4O. The molecule has 1 aromatic heterocycles. The second kappa shape index (κ2) is 8.18. The molecule has 0 amide bonds. The third-order valence-corrected chi connectivity index (χ3v) is 4.74. The van der Waals surface area contributed by atoms with E-state index in [0.29, 0.717) is 13.2 Å². The minimum Gasteiger partial charge on any atom is -0.378 e. The summed E-state index contributed by atoms with van der Waals surface area (Å²) in [5.74, 6) is 1.56. The Kier molecular flexibility index (Phi) is 5.30. The average Bonchev–Trinajstić information content (AvgIpc) is 2.75. The SMILES string of the molecule is CCc1ccccc1Nc1cc(-c2ccccc2)nc(N2CCOCC2)n1. The van der Waals surface area contributed by atoms with E-state index in [9.17, 15) is 0 Å². The Labute approximate surface area is 160 Å². The first kappa shape index (κ1) is 17.5. The zero-order valence-electron chi connectivity index (χ0n) is 15.6. The van der Waals surface area contributed by atoms with Gasteiger partial charge in [0.05, 0.1) is 18.9 Å². The van der Waals surface area contributed by atoms with Crippen molar-refractivity contribution in [3.8, 4) is 11.3 Å². The van der Waals surface area contributed by atoms with Gasteiger partial charge in [-0.25, -0.2) is 4.98 Å². The Balaban J connectivity index is 1.73. The lowest BCUT2D eigenvalue weighted by Crippen LogP contribution is -2.37. The molecule has 0 atom stereocenters. The fraction of sp³-hybridized carbons (Fsp3) is 0.273. The summed E-state index contributed by atoms with van der Waals surface area (Å²) in [6, 6.07) is 20.6. The van der Waals surface area contributed by atoms with Crippen LogP contribution in [0.25, 0.3) is 11.3 Å². The number of morpholine rings is 1. The number of aryl methyl sites for hydroxylation is 1. The summed E-state index contributed by atoms with van der Waals surface area (Å²) >= 11 is 0. The predicted octanol–water partition coefficient (Wildman–Crippen LogP) is 4.29. The Morgan fingerprint density at radius 1 is 0.963 bits per heavy atom. The van der Waals surface area contributed by atoms with Gasteiger partial charge in [-0.05, 0) is 18.1 Å². The second-order valence-electron chi connectivity index (χ2n) is 6.54. The van der Waals surface area contributed by atoms with Crippen molar-refractivity contribution in [2.75, 3.05) is 36.5 Å². The van der Waals surface area contributed by atoms with Gasteiger partial charge in [0.15, 0.2) is 0 Å². The van der Waals surface area contributed by atoms with Crippen LogP contribution in [-0.2, 0) is 11.2 Å². The first-order valence-electron chi connectivity index (χ1n) is 9.45. The highest BCUT2D eigenvalue weighted by Crippen LogP contribution is 2.26. The predicted molar refractivity (Wildman–Crippen MR) is 110 cm³/mol. The van der Waals surface area contributed by atoms with Gasteiger partial charge in [-0.2, -0.15) is 4.98 Å². The molecule has 1 aliphatic rings. The van der Waals surface area contributed by atoms with Crippen LogP contribution in [0.2, 0.25) is 0 Å². The van der Waals surface area contributed by atoms with Gasteiger partial charge in [0.2, 0.25) is 5.95 Å². The van der Waals surface area contributed by atoms with Crippen molar-refractivity contribution in [1.29, 1.82) is 0 Å². The number of hydrogen-bond acceptors (Lipinski definition) is 5. The molecule has 2 heterocycles. The third kappa shape index (κ3) is 4.09. The van der Waals surface area contributed by atoms with Crippen LogP contribution >= 0.6 is 0 Å². The average molecular weight is 360 g/mol. The van der Waals surface area contributed by atoms with Crippen LogP contribution in [0.15, 0.2) is 60.7 Å². The van der Waals surface area contributed by atoms with Crippen molar-refractivity contribution >= 4 is 17.5 Å². The lowest BCUT2D eigenvalue weighted by atomic mass is 10.1. The Morgan fingerprint density at radius 2 is 1.70 bits per heavy atom. The summed E-state index contributed by atoms with van der Waals surface area (Å²) in [6.45, 7) is 5.20. The van der Waals surface area contributed by atoms with Crippen molar-refractivity contribution in [3.63, 3.8) is 0 Å². The first-order chi connectivity index (χ1) is 13.3. The minimum absolute atomic E-state index is 0.709. The van der Waals surface area contributed by atoms with Crippen molar-refractivity contribution in [3.05, 3.63) is 66.2 Å². The van der Waals surface area contributed by atoms with E-state index in [1.54, 1.807) is 0 Å². The highest BCUT2D eigenvalue weighted by atomic mass is 16.5. The van der Waals surface area contributed by atoms with Crippen molar-refractivity contribution in [1.82, 2.24) is 9.97 Å². The molecule has 0 unspecified atom stereocenters. The third-order valence-electron chi connectivity index (χ3n) is 4.74. The number of nitrogens with one attached hydrogen (secondary N) is 1. The Morgan fingerprint density at radius 3 is 2.48 bits per heavy atom. The number of benzene rings is 2. The van der Waals surface area contributed by atoms with Crippen LogP contribution in [0.1, 0.15) is 12.5 Å². The fourth-order valence-corrected chi connectivity index (χ4v) is 3.25. The van der Waals surface area contributed by atoms with Crippen LogP contribution in [0.4, 0.5) is 17.5 Å². The number of anilines is 3. The molecule has 0 bridgehead atoms. The van der Waals surface area contributed by atoms with E-state index in [-0.39, 0.29) is 0 Å². The molecule has 5 nitrogen and oxygen atoms in total. The van der Waals surface area contributed by atoms with E-state index < -0.39 is 0 Å². The maximum atomic E-state index is 5.48. The van der Waals surface area contributed by atoms with Crippen LogP contribution < -0.4 is 10.2 Å². The van der Waals surface area contributed by atoms with E-state index in [2.05, 4.69) is 47.5 Å². The number of ether oxygens (including phenoxy) is 1. The smallest absolute Gasteiger partial charge is 0.228 e. The lowest BCUT2D eigenvalue weighted by molar-refractivity contribution is 0.122. The van der Waals surface area contributed by atoms with Gasteiger partial charge >= 0.3 is 0 Å². The normalized spacial score (nSPS) is 14.2. The molecular weight excluding hydrogens is 336 g/mol. The van der Waals surface area contributed by atoms with Gasteiger partial charge in [0, 0.05) is 30.4 Å². The van der Waals surface area contributed by atoms with Crippen LogP contribution in [0.3, 0.4) is 0 Å². The lowest BCUT2D eigenvalue weighted by Gasteiger charge is -2.27. The monoisotopic (exact) mass is 360 g/mol. The Hall–Kier alpha value is -2.92. The van der Waals surface area contributed by atoms with Gasteiger partial charge in [-0.15, -0.1) is 0 Å². The molecule has 27 heavy (non-hydrogen) atoms. The summed E-state index contributed by atoms with van der Waals surface area (Å²) in [6.07, 6.45) is 0.968. The molecule has 138 valence electrons. The molecule has 1 N–H and O–H groups in total. The number of aromatic nitrogens is 2. The molecule has 0 saturated carbocycles. The summed E-state index contributed by atoms with van der Waals surface area (Å²) in [4.78, 5) is 11.8. The van der Waals surface area contributed by atoms with Crippen molar-refractivity contribution < 1.29 is 4.74 Å². The molecule has 0 aliphatic carbocycles. The maximum absolute atomic E-state index is 5.48. The van der Waals surface area contributed by atoms with Crippen LogP contribution in [-0.4, -0.2) is 36.3 Å². The van der Waals surface area contributed by atoms with Gasteiger partial charge in [0.1, 0.15) is 5.82 Å². The molecule has 5 heteroatoms. The molecule has 2 aromatic carbocycles. The fourth-order valence-electron chi connectivity index (χ4n) is 3.25. The zero-order valence-corrected chi connectivity index (χ0v) is 15.6. The highest BCUT2D eigenvalue weighted by Gasteiger charge is 2.16. The van der Waals surface area contributed by atoms with Gasteiger partial charge in [-0.1, -0.05) is 55.5 Å². The Bertz CT molecular complexity index is 892.